The summed E-state index contributed by atoms with van der Waals surface area (Å²) in [6, 6.07) is 6.87. The van der Waals surface area contributed by atoms with E-state index in [1.807, 2.05) is 32.0 Å². The molecule has 3 rings (SSSR count). The number of hydrogen-bond acceptors (Lipinski definition) is 4. The minimum atomic E-state index is -0.463. The predicted octanol–water partition coefficient (Wildman–Crippen LogP) is 1.72. The minimum Gasteiger partial charge on any atom is -0.353 e. The number of nitrogens with one attached hydrogen (secondary N) is 1. The van der Waals surface area contributed by atoms with Gasteiger partial charge in [-0.2, -0.15) is 0 Å². The maximum absolute atomic E-state index is 12.8. The standard InChI is InChI=1S/C18H20N4O2/c1-11-10-20-12(2)16(21-11)14-5-4-6-15(9-14)18(24)22-8-7-19-17(23)13(22)3/h4-6,9-10,13H,7-8H2,1-3H3,(H,19,23)/t13-/m0/s1. The van der Waals surface area contributed by atoms with E-state index in [-0.39, 0.29) is 11.8 Å². The lowest BCUT2D eigenvalue weighted by Gasteiger charge is -2.32. The van der Waals surface area contributed by atoms with E-state index in [1.165, 1.54) is 0 Å². The Morgan fingerprint density at radius 2 is 2.12 bits per heavy atom. The highest BCUT2D eigenvalue weighted by molar-refractivity contribution is 5.98. The van der Waals surface area contributed by atoms with Crippen molar-refractivity contribution in [2.45, 2.75) is 26.8 Å². The van der Waals surface area contributed by atoms with Crippen molar-refractivity contribution in [1.82, 2.24) is 20.2 Å². The number of aryl methyl sites for hydroxylation is 2. The van der Waals surface area contributed by atoms with Gasteiger partial charge in [-0.15, -0.1) is 0 Å². The molecule has 1 aromatic heterocycles. The molecule has 1 atom stereocenters. The van der Waals surface area contributed by atoms with Gasteiger partial charge in [0.05, 0.1) is 17.1 Å². The molecule has 2 heterocycles. The van der Waals surface area contributed by atoms with Gasteiger partial charge in [-0.25, -0.2) is 4.98 Å². The molecular weight excluding hydrogens is 304 g/mol. The van der Waals surface area contributed by atoms with E-state index in [9.17, 15) is 9.59 Å². The lowest BCUT2D eigenvalue weighted by Crippen LogP contribution is -2.55. The van der Waals surface area contributed by atoms with E-state index in [2.05, 4.69) is 15.3 Å². The highest BCUT2D eigenvalue weighted by Gasteiger charge is 2.29. The fraction of sp³-hybridized carbons (Fsp3) is 0.333. The minimum absolute atomic E-state index is 0.119. The SMILES string of the molecule is Cc1cnc(C)c(-c2cccc(C(=O)N3CCNC(=O)[C@@H]3C)c2)n1. The number of piperazine rings is 1. The summed E-state index contributed by atoms with van der Waals surface area (Å²) in [5.41, 5.74) is 3.82. The van der Waals surface area contributed by atoms with E-state index in [1.54, 1.807) is 24.1 Å². The smallest absolute Gasteiger partial charge is 0.254 e. The summed E-state index contributed by atoms with van der Waals surface area (Å²) in [6.45, 7) is 6.52. The van der Waals surface area contributed by atoms with Gasteiger partial charge in [0.15, 0.2) is 0 Å². The van der Waals surface area contributed by atoms with Gasteiger partial charge < -0.3 is 10.2 Å². The van der Waals surface area contributed by atoms with E-state index in [0.29, 0.717) is 18.7 Å². The van der Waals surface area contributed by atoms with Crippen molar-refractivity contribution in [3.05, 3.63) is 47.4 Å². The van der Waals surface area contributed by atoms with Crippen LogP contribution in [-0.4, -0.2) is 45.8 Å². The van der Waals surface area contributed by atoms with Crippen LogP contribution in [0, 0.1) is 13.8 Å². The third-order valence-electron chi connectivity index (χ3n) is 4.22. The molecule has 24 heavy (non-hydrogen) atoms. The Labute approximate surface area is 140 Å². The first kappa shape index (κ1) is 16.1. The van der Waals surface area contributed by atoms with Crippen LogP contribution < -0.4 is 5.32 Å². The summed E-state index contributed by atoms with van der Waals surface area (Å²) < 4.78 is 0. The van der Waals surface area contributed by atoms with Crippen LogP contribution in [0.2, 0.25) is 0 Å². The molecule has 2 aromatic rings. The van der Waals surface area contributed by atoms with Crippen LogP contribution in [-0.2, 0) is 4.79 Å². The van der Waals surface area contributed by atoms with E-state index >= 15 is 0 Å². The molecule has 1 saturated heterocycles. The lowest BCUT2D eigenvalue weighted by molar-refractivity contribution is -0.127. The molecule has 124 valence electrons. The summed E-state index contributed by atoms with van der Waals surface area (Å²) in [5.74, 6) is -0.261. The Hall–Kier alpha value is -2.76. The highest BCUT2D eigenvalue weighted by atomic mass is 16.2. The first-order valence-electron chi connectivity index (χ1n) is 7.96. The number of benzene rings is 1. The molecule has 0 saturated carbocycles. The second-order valence-electron chi connectivity index (χ2n) is 5.99. The summed E-state index contributed by atoms with van der Waals surface area (Å²) in [5, 5.41) is 2.77. The fourth-order valence-electron chi connectivity index (χ4n) is 2.84. The second-order valence-corrected chi connectivity index (χ2v) is 5.99. The van der Waals surface area contributed by atoms with Gasteiger partial charge in [-0.05, 0) is 32.9 Å². The summed E-state index contributed by atoms with van der Waals surface area (Å²) in [7, 11) is 0. The van der Waals surface area contributed by atoms with Gasteiger partial charge in [0.1, 0.15) is 6.04 Å². The van der Waals surface area contributed by atoms with Crippen molar-refractivity contribution >= 4 is 11.8 Å². The van der Waals surface area contributed by atoms with Crippen molar-refractivity contribution in [1.29, 1.82) is 0 Å². The van der Waals surface area contributed by atoms with Crippen molar-refractivity contribution in [2.24, 2.45) is 0 Å². The van der Waals surface area contributed by atoms with Crippen LogP contribution in [0.25, 0.3) is 11.3 Å². The average Bonchev–Trinajstić information content (AvgIpc) is 2.59. The number of carbonyl (C=O) groups is 2. The van der Waals surface area contributed by atoms with E-state index < -0.39 is 6.04 Å². The van der Waals surface area contributed by atoms with Crippen molar-refractivity contribution in [3.63, 3.8) is 0 Å². The van der Waals surface area contributed by atoms with Crippen LogP contribution in [0.15, 0.2) is 30.5 Å². The van der Waals surface area contributed by atoms with Gasteiger partial charge in [-0.3, -0.25) is 14.6 Å². The summed E-state index contributed by atoms with van der Waals surface area (Å²) in [4.78, 5) is 35.1. The molecular formula is C18H20N4O2. The zero-order valence-electron chi connectivity index (χ0n) is 14.0. The first-order chi connectivity index (χ1) is 11.5. The monoisotopic (exact) mass is 324 g/mol. The Morgan fingerprint density at radius 1 is 1.33 bits per heavy atom. The lowest BCUT2D eigenvalue weighted by atomic mass is 10.0. The molecule has 1 aromatic carbocycles. The second kappa shape index (κ2) is 6.39. The van der Waals surface area contributed by atoms with Crippen LogP contribution in [0.3, 0.4) is 0 Å². The van der Waals surface area contributed by atoms with E-state index in [4.69, 9.17) is 0 Å². The molecule has 1 aliphatic heterocycles. The van der Waals surface area contributed by atoms with Crippen LogP contribution in [0.5, 0.6) is 0 Å². The van der Waals surface area contributed by atoms with Crippen molar-refractivity contribution in [2.75, 3.05) is 13.1 Å². The fourth-order valence-corrected chi connectivity index (χ4v) is 2.84. The van der Waals surface area contributed by atoms with Gasteiger partial charge >= 0.3 is 0 Å². The number of carbonyl (C=O) groups excluding carboxylic acids is 2. The predicted molar refractivity (Wildman–Crippen MR) is 90.5 cm³/mol. The van der Waals surface area contributed by atoms with Gasteiger partial charge in [0, 0.05) is 30.4 Å². The Kier molecular flexibility index (Phi) is 4.29. The topological polar surface area (TPSA) is 75.2 Å². The molecule has 0 aliphatic carbocycles. The molecule has 0 unspecified atom stereocenters. The van der Waals surface area contributed by atoms with Crippen molar-refractivity contribution < 1.29 is 9.59 Å². The van der Waals surface area contributed by atoms with Gasteiger partial charge in [0.25, 0.3) is 5.91 Å². The number of hydrogen-bond donors (Lipinski definition) is 1. The summed E-state index contributed by atoms with van der Waals surface area (Å²) in [6.07, 6.45) is 1.72. The summed E-state index contributed by atoms with van der Waals surface area (Å²) >= 11 is 0. The Bertz CT molecular complexity index is 803. The number of nitrogens with zero attached hydrogens (tertiary/aromatic N) is 3. The Morgan fingerprint density at radius 3 is 2.92 bits per heavy atom. The first-order valence-corrected chi connectivity index (χ1v) is 7.96. The quantitative estimate of drug-likeness (QED) is 0.913. The maximum Gasteiger partial charge on any atom is 0.254 e. The van der Waals surface area contributed by atoms with Crippen LogP contribution >= 0.6 is 0 Å². The van der Waals surface area contributed by atoms with Crippen LogP contribution in [0.1, 0.15) is 28.7 Å². The molecule has 1 N–H and O–H groups in total. The van der Waals surface area contributed by atoms with Crippen molar-refractivity contribution in [3.8, 4) is 11.3 Å². The Balaban J connectivity index is 1.94. The van der Waals surface area contributed by atoms with Gasteiger partial charge in [0.2, 0.25) is 5.91 Å². The number of amides is 2. The molecule has 1 aliphatic rings. The average molecular weight is 324 g/mol. The molecule has 2 amide bonds. The molecule has 6 heteroatoms. The molecule has 1 fully saturated rings. The molecule has 0 radical (unpaired) electrons. The van der Waals surface area contributed by atoms with E-state index in [0.717, 1.165) is 22.6 Å². The van der Waals surface area contributed by atoms with Gasteiger partial charge in [-0.1, -0.05) is 12.1 Å². The number of aromatic nitrogens is 2. The normalized spacial score (nSPS) is 17.5. The zero-order chi connectivity index (χ0) is 17.3. The third kappa shape index (κ3) is 2.99. The number of rotatable bonds is 2. The zero-order valence-corrected chi connectivity index (χ0v) is 14.0. The van der Waals surface area contributed by atoms with Crippen LogP contribution in [0.4, 0.5) is 0 Å². The molecule has 0 spiro atoms. The molecule has 0 bridgehead atoms. The molecule has 6 nitrogen and oxygen atoms in total. The highest BCUT2D eigenvalue weighted by Crippen LogP contribution is 2.22. The largest absolute Gasteiger partial charge is 0.353 e. The maximum atomic E-state index is 12.8. The third-order valence-corrected chi connectivity index (χ3v) is 4.22.